The summed E-state index contributed by atoms with van der Waals surface area (Å²) in [5.74, 6) is 2.33. The van der Waals surface area contributed by atoms with Gasteiger partial charge in [-0.1, -0.05) is 37.7 Å². The van der Waals surface area contributed by atoms with E-state index in [1.165, 1.54) is 5.56 Å². The van der Waals surface area contributed by atoms with Crippen LogP contribution in [0.4, 0.5) is 5.69 Å². The van der Waals surface area contributed by atoms with Crippen LogP contribution in [0.3, 0.4) is 0 Å². The number of nitrogens with one attached hydrogen (secondary N) is 2. The minimum atomic E-state index is 0.588. The highest BCUT2D eigenvalue weighted by Gasteiger charge is 2.10. The Balaban J connectivity index is 2.13. The van der Waals surface area contributed by atoms with Crippen LogP contribution in [0.25, 0.3) is 0 Å². The molecule has 4 nitrogen and oxygen atoms in total. The second kappa shape index (κ2) is 7.24. The molecule has 5 heteroatoms. The van der Waals surface area contributed by atoms with Gasteiger partial charge in [0.1, 0.15) is 5.75 Å². The van der Waals surface area contributed by atoms with Gasteiger partial charge in [0.05, 0.1) is 12.8 Å². The summed E-state index contributed by atoms with van der Waals surface area (Å²) < 4.78 is 5.46. The summed E-state index contributed by atoms with van der Waals surface area (Å²) in [6.45, 7) is 5.32. The molecule has 0 aliphatic heterocycles. The Morgan fingerprint density at radius 3 is 2.90 bits per heavy atom. The molecule has 0 aliphatic carbocycles. The van der Waals surface area contributed by atoms with Gasteiger partial charge in [-0.05, 0) is 17.5 Å². The van der Waals surface area contributed by atoms with Crippen LogP contribution < -0.4 is 10.1 Å². The average molecular weight is 291 g/mol. The topological polar surface area (TPSA) is 49.9 Å². The van der Waals surface area contributed by atoms with Crippen molar-refractivity contribution in [2.75, 3.05) is 19.0 Å². The third-order valence-corrected chi connectivity index (χ3v) is 3.81. The molecule has 20 heavy (non-hydrogen) atoms. The van der Waals surface area contributed by atoms with Gasteiger partial charge in [-0.2, -0.15) is 0 Å². The summed E-state index contributed by atoms with van der Waals surface area (Å²) in [4.78, 5) is 7.34. The standard InChI is InChI=1S/C15H21N3OS/c1-11(2)9-18-14-12(5-4-6-13(14)19-3)10-20-15-16-7-8-17-15/h4-8,11,18H,9-10H2,1-3H3,(H,16,17). The first kappa shape index (κ1) is 14.8. The van der Waals surface area contributed by atoms with E-state index in [1.807, 2.05) is 18.3 Å². The van der Waals surface area contributed by atoms with Crippen molar-refractivity contribution in [1.82, 2.24) is 9.97 Å². The number of benzene rings is 1. The van der Waals surface area contributed by atoms with Crippen LogP contribution in [-0.2, 0) is 5.75 Å². The number of nitrogens with zero attached hydrogens (tertiary/aromatic N) is 1. The van der Waals surface area contributed by atoms with Gasteiger partial charge >= 0.3 is 0 Å². The maximum absolute atomic E-state index is 5.46. The highest BCUT2D eigenvalue weighted by molar-refractivity contribution is 7.98. The fraction of sp³-hybridized carbons (Fsp3) is 0.400. The van der Waals surface area contributed by atoms with E-state index < -0.39 is 0 Å². The van der Waals surface area contributed by atoms with E-state index in [9.17, 15) is 0 Å². The summed E-state index contributed by atoms with van der Waals surface area (Å²) in [6.07, 6.45) is 3.61. The van der Waals surface area contributed by atoms with Crippen molar-refractivity contribution in [3.63, 3.8) is 0 Å². The maximum Gasteiger partial charge on any atom is 0.165 e. The van der Waals surface area contributed by atoms with E-state index in [-0.39, 0.29) is 0 Å². The molecule has 0 saturated heterocycles. The molecule has 0 amide bonds. The molecule has 0 atom stereocenters. The minimum absolute atomic E-state index is 0.588. The lowest BCUT2D eigenvalue weighted by Gasteiger charge is -2.16. The van der Waals surface area contributed by atoms with Crippen molar-refractivity contribution in [2.24, 2.45) is 5.92 Å². The third-order valence-electron chi connectivity index (χ3n) is 2.86. The molecule has 0 unspecified atom stereocenters. The number of hydrogen-bond acceptors (Lipinski definition) is 4. The maximum atomic E-state index is 5.46. The number of thioether (sulfide) groups is 1. The number of aromatic amines is 1. The van der Waals surface area contributed by atoms with Crippen molar-refractivity contribution in [3.8, 4) is 5.75 Å². The van der Waals surface area contributed by atoms with E-state index in [0.717, 1.165) is 28.9 Å². The van der Waals surface area contributed by atoms with Gasteiger partial charge in [0.2, 0.25) is 0 Å². The van der Waals surface area contributed by atoms with Crippen LogP contribution in [0.5, 0.6) is 5.75 Å². The smallest absolute Gasteiger partial charge is 0.165 e. The Hall–Kier alpha value is -1.62. The number of para-hydroxylation sites is 1. The molecule has 1 aromatic heterocycles. The molecule has 108 valence electrons. The first-order valence-corrected chi connectivity index (χ1v) is 7.71. The average Bonchev–Trinajstić information content (AvgIpc) is 2.96. The Kier molecular flexibility index (Phi) is 5.35. The van der Waals surface area contributed by atoms with Gasteiger partial charge in [0.15, 0.2) is 5.16 Å². The monoisotopic (exact) mass is 291 g/mol. The zero-order chi connectivity index (χ0) is 14.4. The molecule has 0 aliphatic rings. The van der Waals surface area contributed by atoms with Crippen LogP contribution in [0.2, 0.25) is 0 Å². The van der Waals surface area contributed by atoms with E-state index in [0.29, 0.717) is 5.92 Å². The lowest BCUT2D eigenvalue weighted by molar-refractivity contribution is 0.416. The Bertz CT molecular complexity index is 526. The predicted octanol–water partition coefficient (Wildman–Crippen LogP) is 3.78. The number of anilines is 1. The molecule has 0 spiro atoms. The van der Waals surface area contributed by atoms with Crippen molar-refractivity contribution in [2.45, 2.75) is 24.8 Å². The normalized spacial score (nSPS) is 10.8. The fourth-order valence-corrected chi connectivity index (χ4v) is 2.67. The van der Waals surface area contributed by atoms with Gasteiger partial charge < -0.3 is 15.0 Å². The first-order valence-electron chi connectivity index (χ1n) is 6.72. The quantitative estimate of drug-likeness (QED) is 0.762. The molecule has 1 heterocycles. The Morgan fingerprint density at radius 2 is 2.25 bits per heavy atom. The van der Waals surface area contributed by atoms with Gasteiger partial charge in [-0.15, -0.1) is 0 Å². The van der Waals surface area contributed by atoms with Crippen LogP contribution in [0.1, 0.15) is 19.4 Å². The zero-order valence-corrected chi connectivity index (χ0v) is 13.0. The first-order chi connectivity index (χ1) is 9.70. The number of rotatable bonds is 7. The number of imidazole rings is 1. The van der Waals surface area contributed by atoms with Crippen LogP contribution in [0, 0.1) is 5.92 Å². The van der Waals surface area contributed by atoms with Crippen molar-refractivity contribution in [3.05, 3.63) is 36.2 Å². The predicted molar refractivity (Wildman–Crippen MR) is 84.5 cm³/mol. The van der Waals surface area contributed by atoms with Gasteiger partial charge in [-0.3, -0.25) is 0 Å². The van der Waals surface area contributed by atoms with Crippen molar-refractivity contribution in [1.29, 1.82) is 0 Å². The van der Waals surface area contributed by atoms with Crippen LogP contribution in [0.15, 0.2) is 35.7 Å². The highest BCUT2D eigenvalue weighted by Crippen LogP contribution is 2.32. The van der Waals surface area contributed by atoms with Gasteiger partial charge in [-0.25, -0.2) is 4.98 Å². The lowest BCUT2D eigenvalue weighted by Crippen LogP contribution is -2.10. The van der Waals surface area contributed by atoms with Crippen LogP contribution >= 0.6 is 11.8 Å². The molecule has 2 N–H and O–H groups in total. The molecule has 1 aromatic carbocycles. The lowest BCUT2D eigenvalue weighted by atomic mass is 10.1. The van der Waals surface area contributed by atoms with Crippen molar-refractivity contribution >= 4 is 17.4 Å². The molecular formula is C15H21N3OS. The second-order valence-electron chi connectivity index (χ2n) is 4.95. The summed E-state index contributed by atoms with van der Waals surface area (Å²) in [7, 11) is 1.71. The number of hydrogen-bond donors (Lipinski definition) is 2. The Morgan fingerprint density at radius 1 is 1.40 bits per heavy atom. The highest BCUT2D eigenvalue weighted by atomic mass is 32.2. The largest absolute Gasteiger partial charge is 0.495 e. The molecule has 0 saturated carbocycles. The third kappa shape index (κ3) is 3.93. The van der Waals surface area contributed by atoms with E-state index in [1.54, 1.807) is 25.1 Å². The molecular weight excluding hydrogens is 270 g/mol. The molecule has 0 fully saturated rings. The van der Waals surface area contributed by atoms with E-state index in [4.69, 9.17) is 4.74 Å². The minimum Gasteiger partial charge on any atom is -0.495 e. The number of H-pyrrole nitrogens is 1. The summed E-state index contributed by atoms with van der Waals surface area (Å²) >= 11 is 1.69. The van der Waals surface area contributed by atoms with Crippen molar-refractivity contribution < 1.29 is 4.74 Å². The second-order valence-corrected chi connectivity index (χ2v) is 5.92. The van der Waals surface area contributed by atoms with E-state index >= 15 is 0 Å². The molecule has 0 radical (unpaired) electrons. The summed E-state index contributed by atoms with van der Waals surface area (Å²) in [6, 6.07) is 6.14. The SMILES string of the molecule is COc1cccc(CSc2ncc[nH]2)c1NCC(C)C. The van der Waals surface area contributed by atoms with E-state index in [2.05, 4.69) is 35.2 Å². The number of methoxy groups -OCH3 is 1. The Labute approximate surface area is 124 Å². The van der Waals surface area contributed by atoms with Gasteiger partial charge in [0.25, 0.3) is 0 Å². The number of aromatic nitrogens is 2. The zero-order valence-electron chi connectivity index (χ0n) is 12.1. The summed E-state index contributed by atoms with van der Waals surface area (Å²) in [5.41, 5.74) is 2.31. The van der Waals surface area contributed by atoms with Crippen LogP contribution in [-0.4, -0.2) is 23.6 Å². The summed E-state index contributed by atoms with van der Waals surface area (Å²) in [5, 5.41) is 4.43. The van der Waals surface area contributed by atoms with Gasteiger partial charge in [0, 0.05) is 24.7 Å². The molecule has 2 rings (SSSR count). The fourth-order valence-electron chi connectivity index (χ4n) is 1.85. The molecule has 2 aromatic rings. The molecule has 0 bridgehead atoms. The number of ether oxygens (including phenoxy) is 1.